The second kappa shape index (κ2) is 5.66. The lowest BCUT2D eigenvalue weighted by Gasteiger charge is -2.34. The number of rotatable bonds is 4. The number of ether oxygens (including phenoxy) is 1. The minimum Gasteiger partial charge on any atom is -0.469 e. The average Bonchev–Trinajstić information content (AvgIpc) is 3.44. The van der Waals surface area contributed by atoms with Crippen LogP contribution in [0.2, 0.25) is 0 Å². The van der Waals surface area contributed by atoms with Gasteiger partial charge in [0.1, 0.15) is 0 Å². The molecular weight excluding hydrogens is 386 g/mol. The van der Waals surface area contributed by atoms with E-state index >= 15 is 0 Å². The molecule has 1 saturated heterocycles. The van der Waals surface area contributed by atoms with Crippen molar-refractivity contribution < 1.29 is 31.8 Å². The predicted molar refractivity (Wildman–Crippen MR) is 94.3 cm³/mol. The average molecular weight is 409 g/mol. The SMILES string of the molecule is COC(=O)C1(C)CC2CC1CC2S(=O)(=O)ON1C(=O)C2C3C=CC(C3)C2C1=O. The van der Waals surface area contributed by atoms with Crippen molar-refractivity contribution in [3.63, 3.8) is 0 Å². The van der Waals surface area contributed by atoms with Crippen LogP contribution in [-0.4, -0.2) is 43.6 Å². The second-order valence-electron chi connectivity index (χ2n) is 9.12. The first-order valence-corrected chi connectivity index (χ1v) is 11.2. The van der Waals surface area contributed by atoms with Gasteiger partial charge in [0.15, 0.2) is 0 Å². The van der Waals surface area contributed by atoms with Crippen LogP contribution in [0.5, 0.6) is 0 Å². The molecule has 8 nitrogen and oxygen atoms in total. The molecule has 1 aliphatic heterocycles. The summed E-state index contributed by atoms with van der Waals surface area (Å²) in [6.45, 7) is 1.81. The summed E-state index contributed by atoms with van der Waals surface area (Å²) in [6, 6.07) is 0. The molecule has 8 atom stereocenters. The summed E-state index contributed by atoms with van der Waals surface area (Å²) in [4.78, 5) is 37.5. The number of allylic oxidation sites excluding steroid dienone is 2. The Bertz CT molecular complexity index is 881. The van der Waals surface area contributed by atoms with Crippen molar-refractivity contribution in [2.45, 2.75) is 37.9 Å². The van der Waals surface area contributed by atoms with E-state index in [4.69, 9.17) is 9.02 Å². The highest BCUT2D eigenvalue weighted by atomic mass is 32.2. The molecule has 0 aromatic heterocycles. The number of carbonyl (C=O) groups is 3. The molecule has 3 saturated carbocycles. The molecule has 8 unspecified atom stereocenters. The molecule has 4 bridgehead atoms. The largest absolute Gasteiger partial charge is 0.469 e. The molecule has 4 aliphatic carbocycles. The molecule has 5 rings (SSSR count). The van der Waals surface area contributed by atoms with Crippen LogP contribution in [-0.2, 0) is 33.5 Å². The van der Waals surface area contributed by atoms with Crippen molar-refractivity contribution in [1.29, 1.82) is 0 Å². The van der Waals surface area contributed by atoms with Crippen molar-refractivity contribution >= 4 is 27.9 Å². The molecule has 152 valence electrons. The lowest BCUT2D eigenvalue weighted by molar-refractivity contribution is -0.166. The van der Waals surface area contributed by atoms with E-state index in [9.17, 15) is 22.8 Å². The minimum atomic E-state index is -4.16. The zero-order chi connectivity index (χ0) is 20.0. The van der Waals surface area contributed by atoms with Gasteiger partial charge in [-0.1, -0.05) is 12.2 Å². The fourth-order valence-corrected chi connectivity index (χ4v) is 8.09. The van der Waals surface area contributed by atoms with E-state index in [1.807, 2.05) is 19.1 Å². The van der Waals surface area contributed by atoms with Crippen LogP contribution in [0.1, 0.15) is 32.6 Å². The Morgan fingerprint density at radius 1 is 1.11 bits per heavy atom. The van der Waals surface area contributed by atoms with Crippen molar-refractivity contribution in [3.8, 4) is 0 Å². The van der Waals surface area contributed by atoms with E-state index in [1.54, 1.807) is 0 Å². The van der Waals surface area contributed by atoms with E-state index in [-0.39, 0.29) is 36.1 Å². The molecule has 0 aromatic rings. The number of amides is 2. The van der Waals surface area contributed by atoms with Gasteiger partial charge in [0.25, 0.3) is 21.9 Å². The van der Waals surface area contributed by atoms with E-state index in [0.717, 1.165) is 6.42 Å². The Kier molecular flexibility index (Phi) is 3.70. The summed E-state index contributed by atoms with van der Waals surface area (Å²) >= 11 is 0. The van der Waals surface area contributed by atoms with E-state index < -0.39 is 44.4 Å². The van der Waals surface area contributed by atoms with Gasteiger partial charge >= 0.3 is 5.97 Å². The van der Waals surface area contributed by atoms with Crippen molar-refractivity contribution in [1.82, 2.24) is 5.06 Å². The third kappa shape index (κ3) is 2.20. The lowest BCUT2D eigenvalue weighted by atomic mass is 9.75. The third-order valence-electron chi connectivity index (χ3n) is 7.85. The van der Waals surface area contributed by atoms with Crippen LogP contribution in [0.25, 0.3) is 0 Å². The highest BCUT2D eigenvalue weighted by Gasteiger charge is 2.63. The number of esters is 1. The van der Waals surface area contributed by atoms with E-state index in [0.29, 0.717) is 17.9 Å². The zero-order valence-corrected chi connectivity index (χ0v) is 16.6. The fourth-order valence-electron chi connectivity index (χ4n) is 6.48. The Balaban J connectivity index is 1.33. The maximum atomic E-state index is 12.9. The van der Waals surface area contributed by atoms with E-state index in [2.05, 4.69) is 0 Å². The van der Waals surface area contributed by atoms with Gasteiger partial charge in [-0.2, -0.15) is 8.42 Å². The van der Waals surface area contributed by atoms with Crippen molar-refractivity contribution in [3.05, 3.63) is 12.2 Å². The van der Waals surface area contributed by atoms with Crippen LogP contribution in [0.3, 0.4) is 0 Å². The molecule has 2 amide bonds. The topological polar surface area (TPSA) is 107 Å². The fraction of sp³-hybridized carbons (Fsp3) is 0.737. The minimum absolute atomic E-state index is 0.00832. The number of hydroxylamine groups is 2. The summed E-state index contributed by atoms with van der Waals surface area (Å²) in [7, 11) is -2.82. The number of hydrogen-bond acceptors (Lipinski definition) is 7. The molecule has 28 heavy (non-hydrogen) atoms. The van der Waals surface area contributed by atoms with Crippen LogP contribution in [0, 0.1) is 40.9 Å². The third-order valence-corrected chi connectivity index (χ3v) is 9.52. The maximum absolute atomic E-state index is 12.9. The van der Waals surface area contributed by atoms with Gasteiger partial charge in [-0.15, -0.1) is 9.35 Å². The molecular formula is C19H23NO7S. The van der Waals surface area contributed by atoms with Crippen LogP contribution < -0.4 is 0 Å². The molecule has 1 heterocycles. The normalized spacial score (nSPS) is 45.9. The number of methoxy groups -OCH3 is 1. The molecule has 0 spiro atoms. The van der Waals surface area contributed by atoms with Gasteiger partial charge in [0.2, 0.25) is 0 Å². The Morgan fingerprint density at radius 2 is 1.71 bits per heavy atom. The first-order valence-electron chi connectivity index (χ1n) is 9.75. The number of nitrogens with zero attached hydrogens (tertiary/aromatic N) is 1. The number of fused-ring (bicyclic) bond motifs is 7. The van der Waals surface area contributed by atoms with Crippen LogP contribution in [0.15, 0.2) is 12.2 Å². The lowest BCUT2D eigenvalue weighted by Crippen LogP contribution is -2.43. The van der Waals surface area contributed by atoms with Gasteiger partial charge < -0.3 is 4.74 Å². The second-order valence-corrected chi connectivity index (χ2v) is 10.9. The van der Waals surface area contributed by atoms with Gasteiger partial charge in [-0.05, 0) is 56.3 Å². The van der Waals surface area contributed by atoms with Gasteiger partial charge in [-0.25, -0.2) is 0 Å². The summed E-state index contributed by atoms with van der Waals surface area (Å²) in [5, 5.41) is -0.311. The van der Waals surface area contributed by atoms with E-state index in [1.165, 1.54) is 7.11 Å². The summed E-state index contributed by atoms with van der Waals surface area (Å²) in [5.74, 6) is -2.78. The monoisotopic (exact) mass is 409 g/mol. The standard InChI is InChI=1S/C19H23NO7S/c1-19(18(23)26-2)8-11-6-12(19)7-13(11)28(24,25)27-20-16(21)14-9-3-4-10(5-9)15(14)17(20)22/h3-4,9-15H,5-8H2,1-2H3. The Labute approximate surface area is 163 Å². The summed E-state index contributed by atoms with van der Waals surface area (Å²) in [5.41, 5.74) is -0.688. The smallest absolute Gasteiger partial charge is 0.311 e. The quantitative estimate of drug-likeness (QED) is 0.388. The van der Waals surface area contributed by atoms with Crippen LogP contribution in [0.4, 0.5) is 0 Å². The first-order chi connectivity index (χ1) is 13.2. The van der Waals surface area contributed by atoms with Crippen molar-refractivity contribution in [2.24, 2.45) is 40.9 Å². The Morgan fingerprint density at radius 3 is 2.21 bits per heavy atom. The number of hydrogen-bond donors (Lipinski definition) is 0. The maximum Gasteiger partial charge on any atom is 0.311 e. The number of carbonyl (C=O) groups excluding carboxylic acids is 3. The van der Waals surface area contributed by atoms with Gasteiger partial charge in [-0.3, -0.25) is 14.4 Å². The first kappa shape index (κ1) is 18.3. The highest BCUT2D eigenvalue weighted by Crippen LogP contribution is 2.58. The van der Waals surface area contributed by atoms with Gasteiger partial charge in [0, 0.05) is 0 Å². The summed E-state index contributed by atoms with van der Waals surface area (Å²) in [6.07, 6.45) is 5.93. The molecule has 4 fully saturated rings. The highest BCUT2D eigenvalue weighted by molar-refractivity contribution is 7.87. The van der Waals surface area contributed by atoms with Gasteiger partial charge in [0.05, 0.1) is 29.6 Å². The Hall–Kier alpha value is -1.74. The van der Waals surface area contributed by atoms with Crippen molar-refractivity contribution in [2.75, 3.05) is 7.11 Å². The molecule has 5 aliphatic rings. The predicted octanol–water partition coefficient (Wildman–Crippen LogP) is 1.03. The van der Waals surface area contributed by atoms with Crippen LogP contribution >= 0.6 is 0 Å². The molecule has 9 heteroatoms. The molecule has 0 radical (unpaired) electrons. The zero-order valence-electron chi connectivity index (χ0n) is 15.7. The molecule has 0 aromatic carbocycles. The number of imide groups is 1. The summed E-state index contributed by atoms with van der Waals surface area (Å²) < 4.78 is 35.9. The molecule has 0 N–H and O–H groups in total.